The first kappa shape index (κ1) is 12.3. The average molecular weight is 265 g/mol. The summed E-state index contributed by atoms with van der Waals surface area (Å²) in [7, 11) is 0. The quantitative estimate of drug-likeness (QED) is 0.551. The molecular formula is C15H15N5. The molecule has 0 unspecified atom stereocenters. The molecule has 3 rings (SSSR count). The van der Waals surface area contributed by atoms with Gasteiger partial charge in [0.2, 0.25) is 0 Å². The number of pyridine rings is 1. The summed E-state index contributed by atoms with van der Waals surface area (Å²) in [6.07, 6.45) is 1.79. The van der Waals surface area contributed by atoms with Crippen LogP contribution in [0.3, 0.4) is 0 Å². The number of rotatable bonds is 2. The lowest BCUT2D eigenvalue weighted by Gasteiger charge is -2.12. The van der Waals surface area contributed by atoms with Gasteiger partial charge in [-0.3, -0.25) is 5.41 Å². The van der Waals surface area contributed by atoms with Gasteiger partial charge in [0.1, 0.15) is 5.84 Å². The van der Waals surface area contributed by atoms with Crippen LogP contribution in [-0.2, 0) is 0 Å². The van der Waals surface area contributed by atoms with Gasteiger partial charge in [-0.25, -0.2) is 9.67 Å². The van der Waals surface area contributed by atoms with Crippen molar-refractivity contribution in [3.05, 3.63) is 53.3 Å². The van der Waals surface area contributed by atoms with Crippen LogP contribution in [0, 0.1) is 19.3 Å². The number of nitrogens with zero attached hydrogens (tertiary/aromatic N) is 3. The van der Waals surface area contributed by atoms with Crippen LogP contribution in [0.2, 0.25) is 0 Å². The maximum atomic E-state index is 7.79. The molecule has 0 fully saturated rings. The van der Waals surface area contributed by atoms with Gasteiger partial charge in [0.25, 0.3) is 0 Å². The Bertz CT molecular complexity index is 816. The second kappa shape index (κ2) is 4.45. The van der Waals surface area contributed by atoms with Crippen molar-refractivity contribution in [3.63, 3.8) is 0 Å². The third-order valence-electron chi connectivity index (χ3n) is 3.27. The Morgan fingerprint density at radius 3 is 2.75 bits per heavy atom. The number of aryl methyl sites for hydroxylation is 2. The third-order valence-corrected chi connectivity index (χ3v) is 3.27. The van der Waals surface area contributed by atoms with Gasteiger partial charge < -0.3 is 5.73 Å². The zero-order chi connectivity index (χ0) is 14.3. The molecule has 0 aliphatic heterocycles. The molecule has 100 valence electrons. The fourth-order valence-electron chi connectivity index (χ4n) is 2.44. The maximum absolute atomic E-state index is 7.79. The minimum absolute atomic E-state index is 0.00424. The van der Waals surface area contributed by atoms with Gasteiger partial charge >= 0.3 is 0 Å². The van der Waals surface area contributed by atoms with Gasteiger partial charge in [0.15, 0.2) is 5.82 Å². The van der Waals surface area contributed by atoms with Gasteiger partial charge in [-0.15, -0.1) is 0 Å². The molecule has 5 heteroatoms. The molecule has 0 aliphatic carbocycles. The van der Waals surface area contributed by atoms with Crippen molar-refractivity contribution in [2.45, 2.75) is 13.8 Å². The van der Waals surface area contributed by atoms with Crippen molar-refractivity contribution >= 4 is 16.7 Å². The van der Waals surface area contributed by atoms with Crippen molar-refractivity contribution in [1.82, 2.24) is 14.8 Å². The van der Waals surface area contributed by atoms with Crippen LogP contribution in [-0.4, -0.2) is 20.6 Å². The van der Waals surface area contributed by atoms with Crippen molar-refractivity contribution < 1.29 is 0 Å². The fraction of sp³-hybridized carbons (Fsp3) is 0.133. The highest BCUT2D eigenvalue weighted by Gasteiger charge is 2.15. The lowest BCUT2D eigenvalue weighted by Crippen LogP contribution is -2.18. The Labute approximate surface area is 116 Å². The standard InChI is InChI=1S/C15H15N5/c1-9-7-10(2)19-15(13(9)14(16)17)20-12-6-4-3-5-11(12)8-18-20/h3-8H,1-2H3,(H3,16,17). The van der Waals surface area contributed by atoms with E-state index >= 15 is 0 Å². The minimum atomic E-state index is 0.00424. The molecule has 0 atom stereocenters. The second-order valence-corrected chi connectivity index (χ2v) is 4.81. The molecule has 0 bridgehead atoms. The SMILES string of the molecule is Cc1cc(C)c(C(=N)N)c(-n2ncc3ccccc32)n1. The first-order chi connectivity index (χ1) is 9.58. The zero-order valence-corrected chi connectivity index (χ0v) is 11.4. The highest BCUT2D eigenvalue weighted by atomic mass is 15.3. The number of amidine groups is 1. The van der Waals surface area contributed by atoms with Crippen LogP contribution in [0.25, 0.3) is 16.7 Å². The number of nitrogens with one attached hydrogen (secondary N) is 1. The first-order valence-electron chi connectivity index (χ1n) is 6.33. The van der Waals surface area contributed by atoms with Gasteiger partial charge in [-0.1, -0.05) is 18.2 Å². The van der Waals surface area contributed by atoms with Crippen molar-refractivity contribution in [3.8, 4) is 5.82 Å². The minimum Gasteiger partial charge on any atom is -0.384 e. The van der Waals surface area contributed by atoms with Crippen molar-refractivity contribution in [2.24, 2.45) is 5.73 Å². The predicted octanol–water partition coefficient (Wildman–Crippen LogP) is 2.32. The van der Waals surface area contributed by atoms with E-state index in [1.54, 1.807) is 10.9 Å². The number of hydrogen-bond acceptors (Lipinski definition) is 3. The number of aromatic nitrogens is 3. The maximum Gasteiger partial charge on any atom is 0.165 e. The van der Waals surface area contributed by atoms with Gasteiger partial charge in [-0.2, -0.15) is 5.10 Å². The van der Waals surface area contributed by atoms with E-state index in [1.807, 2.05) is 44.2 Å². The van der Waals surface area contributed by atoms with Gasteiger partial charge in [0.05, 0.1) is 17.3 Å². The number of hydrogen-bond donors (Lipinski definition) is 2. The molecule has 0 amide bonds. The molecule has 20 heavy (non-hydrogen) atoms. The van der Waals surface area contributed by atoms with E-state index in [0.29, 0.717) is 11.4 Å². The number of nitrogens with two attached hydrogens (primary N) is 1. The molecule has 2 aromatic heterocycles. The fourth-order valence-corrected chi connectivity index (χ4v) is 2.44. The Morgan fingerprint density at radius 1 is 1.25 bits per heavy atom. The Hall–Kier alpha value is -2.69. The highest BCUT2D eigenvalue weighted by molar-refractivity contribution is 5.99. The van der Waals surface area contributed by atoms with Gasteiger partial charge in [0, 0.05) is 11.1 Å². The lowest BCUT2D eigenvalue weighted by atomic mass is 10.1. The summed E-state index contributed by atoms with van der Waals surface area (Å²) in [5.74, 6) is 0.612. The summed E-state index contributed by atoms with van der Waals surface area (Å²) in [6.45, 7) is 3.85. The summed E-state index contributed by atoms with van der Waals surface area (Å²) in [4.78, 5) is 4.53. The average Bonchev–Trinajstić information content (AvgIpc) is 2.80. The van der Waals surface area contributed by atoms with E-state index in [1.165, 1.54) is 0 Å². The van der Waals surface area contributed by atoms with Gasteiger partial charge in [-0.05, 0) is 31.5 Å². The van der Waals surface area contributed by atoms with E-state index in [-0.39, 0.29) is 5.84 Å². The largest absolute Gasteiger partial charge is 0.384 e. The number of fused-ring (bicyclic) bond motifs is 1. The topological polar surface area (TPSA) is 80.6 Å². The Kier molecular flexibility index (Phi) is 2.75. The second-order valence-electron chi connectivity index (χ2n) is 4.81. The van der Waals surface area contributed by atoms with Crippen molar-refractivity contribution in [1.29, 1.82) is 5.41 Å². The number of benzene rings is 1. The van der Waals surface area contributed by atoms with Crippen LogP contribution < -0.4 is 5.73 Å². The molecule has 5 nitrogen and oxygen atoms in total. The Balaban J connectivity index is 2.37. The Morgan fingerprint density at radius 2 is 2.00 bits per heavy atom. The zero-order valence-electron chi connectivity index (χ0n) is 11.4. The summed E-state index contributed by atoms with van der Waals surface area (Å²) in [5, 5.41) is 13.2. The van der Waals surface area contributed by atoms with Crippen LogP contribution in [0.15, 0.2) is 36.5 Å². The molecule has 1 aromatic carbocycles. The molecule has 3 N–H and O–H groups in total. The van der Waals surface area contributed by atoms with E-state index < -0.39 is 0 Å². The van der Waals surface area contributed by atoms with Crippen LogP contribution in [0.1, 0.15) is 16.8 Å². The summed E-state index contributed by atoms with van der Waals surface area (Å²) < 4.78 is 1.74. The first-order valence-corrected chi connectivity index (χ1v) is 6.33. The summed E-state index contributed by atoms with van der Waals surface area (Å²) in [6, 6.07) is 9.82. The smallest absolute Gasteiger partial charge is 0.165 e. The summed E-state index contributed by atoms with van der Waals surface area (Å²) >= 11 is 0. The van der Waals surface area contributed by atoms with E-state index in [0.717, 1.165) is 22.2 Å². The molecule has 0 spiro atoms. The van der Waals surface area contributed by atoms with E-state index in [9.17, 15) is 0 Å². The molecule has 2 heterocycles. The van der Waals surface area contributed by atoms with Crippen LogP contribution >= 0.6 is 0 Å². The predicted molar refractivity (Wildman–Crippen MR) is 79.4 cm³/mol. The highest BCUT2D eigenvalue weighted by Crippen LogP contribution is 2.22. The van der Waals surface area contributed by atoms with Crippen LogP contribution in [0.4, 0.5) is 0 Å². The van der Waals surface area contributed by atoms with E-state index in [4.69, 9.17) is 11.1 Å². The molecule has 0 aliphatic rings. The number of nitrogen functional groups attached to an aromatic ring is 1. The monoisotopic (exact) mass is 265 g/mol. The molecule has 0 saturated carbocycles. The van der Waals surface area contributed by atoms with Crippen LogP contribution in [0.5, 0.6) is 0 Å². The number of para-hydroxylation sites is 1. The molecule has 0 saturated heterocycles. The summed E-state index contributed by atoms with van der Waals surface area (Å²) in [5.41, 5.74) is 9.11. The van der Waals surface area contributed by atoms with E-state index in [2.05, 4.69) is 10.1 Å². The van der Waals surface area contributed by atoms with Crippen molar-refractivity contribution in [2.75, 3.05) is 0 Å². The normalized spacial score (nSPS) is 10.9. The third kappa shape index (κ3) is 1.84. The molecule has 3 aromatic rings. The molecule has 0 radical (unpaired) electrons. The lowest BCUT2D eigenvalue weighted by molar-refractivity contribution is 0.861. The molecular weight excluding hydrogens is 250 g/mol.